The highest BCUT2D eigenvalue weighted by Crippen LogP contribution is 2.40. The second-order valence-corrected chi connectivity index (χ2v) is 6.66. The monoisotopic (exact) mass is 349 g/mol. The first-order valence-corrected chi connectivity index (χ1v) is 8.32. The number of benzene rings is 2. The van der Waals surface area contributed by atoms with Crippen molar-refractivity contribution in [1.82, 2.24) is 0 Å². The highest BCUT2D eigenvalue weighted by Gasteiger charge is 2.23. The minimum absolute atomic E-state index is 0.362. The van der Waals surface area contributed by atoms with Gasteiger partial charge in [-0.3, -0.25) is 0 Å². The fourth-order valence-corrected chi connectivity index (χ4v) is 4.10. The average Bonchev–Trinajstić information content (AvgIpc) is 2.86. The molecule has 20 heavy (non-hydrogen) atoms. The zero-order valence-electron chi connectivity index (χ0n) is 11.2. The molecule has 1 unspecified atom stereocenters. The van der Waals surface area contributed by atoms with E-state index in [1.54, 1.807) is 7.11 Å². The van der Waals surface area contributed by atoms with Gasteiger partial charge < -0.3 is 10.1 Å². The standard InChI is InChI=1S/C16H16BrNOS/c1-19-9-12-13(17)6-4-7-14(12)18-15-10-20-16-8-3-2-5-11(15)16/h2-8,15,18H,9-10H2,1H3. The summed E-state index contributed by atoms with van der Waals surface area (Å²) in [4.78, 5) is 1.38. The van der Waals surface area contributed by atoms with Crippen molar-refractivity contribution >= 4 is 33.4 Å². The Morgan fingerprint density at radius 2 is 2.10 bits per heavy atom. The first-order chi connectivity index (χ1) is 9.79. The quantitative estimate of drug-likeness (QED) is 0.851. The van der Waals surface area contributed by atoms with Crippen molar-refractivity contribution in [3.8, 4) is 0 Å². The van der Waals surface area contributed by atoms with Gasteiger partial charge in [-0.05, 0) is 23.8 Å². The molecule has 0 spiro atoms. The molecule has 104 valence electrons. The zero-order chi connectivity index (χ0) is 13.9. The van der Waals surface area contributed by atoms with Gasteiger partial charge in [0, 0.05) is 33.5 Å². The lowest BCUT2D eigenvalue weighted by Gasteiger charge is -2.18. The minimum atomic E-state index is 0.362. The lowest BCUT2D eigenvalue weighted by molar-refractivity contribution is 0.185. The first-order valence-electron chi connectivity index (χ1n) is 6.54. The third-order valence-corrected chi connectivity index (χ3v) is 5.36. The Morgan fingerprint density at radius 3 is 2.95 bits per heavy atom. The van der Waals surface area contributed by atoms with Crippen LogP contribution in [0.3, 0.4) is 0 Å². The van der Waals surface area contributed by atoms with Crippen LogP contribution in [-0.4, -0.2) is 12.9 Å². The van der Waals surface area contributed by atoms with Crippen LogP contribution in [0.5, 0.6) is 0 Å². The van der Waals surface area contributed by atoms with Gasteiger partial charge in [0.25, 0.3) is 0 Å². The summed E-state index contributed by atoms with van der Waals surface area (Å²) in [6, 6.07) is 15.2. The Morgan fingerprint density at radius 1 is 1.25 bits per heavy atom. The number of hydrogen-bond donors (Lipinski definition) is 1. The van der Waals surface area contributed by atoms with Gasteiger partial charge in [0.1, 0.15) is 0 Å². The second kappa shape index (κ2) is 6.20. The molecule has 0 radical (unpaired) electrons. The Bertz CT molecular complexity index is 617. The van der Waals surface area contributed by atoms with E-state index in [0.717, 1.165) is 15.9 Å². The van der Waals surface area contributed by atoms with E-state index >= 15 is 0 Å². The van der Waals surface area contributed by atoms with E-state index in [-0.39, 0.29) is 0 Å². The molecule has 1 aliphatic heterocycles. The summed E-state index contributed by atoms with van der Waals surface area (Å²) in [5.74, 6) is 1.07. The molecule has 1 aliphatic rings. The molecule has 0 saturated carbocycles. The second-order valence-electron chi connectivity index (χ2n) is 4.74. The maximum atomic E-state index is 5.31. The number of rotatable bonds is 4. The number of nitrogens with one attached hydrogen (secondary N) is 1. The predicted molar refractivity (Wildman–Crippen MR) is 88.4 cm³/mol. The number of anilines is 1. The molecular formula is C16H16BrNOS. The molecule has 1 heterocycles. The van der Waals surface area contributed by atoms with Crippen molar-refractivity contribution in [1.29, 1.82) is 0 Å². The van der Waals surface area contributed by atoms with E-state index in [9.17, 15) is 0 Å². The number of hydrogen-bond acceptors (Lipinski definition) is 3. The van der Waals surface area contributed by atoms with Crippen LogP contribution in [-0.2, 0) is 11.3 Å². The number of thioether (sulfide) groups is 1. The maximum absolute atomic E-state index is 5.31. The summed E-state index contributed by atoms with van der Waals surface area (Å²) in [5.41, 5.74) is 3.70. The Hall–Kier alpha value is -0.970. The minimum Gasteiger partial charge on any atom is -0.380 e. The van der Waals surface area contributed by atoms with E-state index < -0.39 is 0 Å². The molecule has 1 atom stereocenters. The Balaban J connectivity index is 1.88. The molecule has 0 bridgehead atoms. The van der Waals surface area contributed by atoms with Crippen LogP contribution in [0.25, 0.3) is 0 Å². The smallest absolute Gasteiger partial charge is 0.0744 e. The average molecular weight is 350 g/mol. The number of ether oxygens (including phenoxy) is 1. The van der Waals surface area contributed by atoms with E-state index in [1.807, 2.05) is 11.8 Å². The molecule has 0 amide bonds. The summed E-state index contributed by atoms with van der Waals surface area (Å²) in [5, 5.41) is 3.66. The zero-order valence-corrected chi connectivity index (χ0v) is 13.6. The largest absolute Gasteiger partial charge is 0.380 e. The Labute approximate surface area is 132 Å². The van der Waals surface area contributed by atoms with Gasteiger partial charge in [-0.2, -0.15) is 0 Å². The Kier molecular flexibility index (Phi) is 4.34. The van der Waals surface area contributed by atoms with Crippen molar-refractivity contribution in [2.24, 2.45) is 0 Å². The van der Waals surface area contributed by atoms with Gasteiger partial charge >= 0.3 is 0 Å². The molecule has 0 saturated heterocycles. The van der Waals surface area contributed by atoms with Crippen LogP contribution in [0.1, 0.15) is 17.2 Å². The topological polar surface area (TPSA) is 21.3 Å². The van der Waals surface area contributed by atoms with E-state index in [2.05, 4.69) is 63.7 Å². The number of halogens is 1. The molecule has 1 N–H and O–H groups in total. The fourth-order valence-electron chi connectivity index (χ4n) is 2.45. The summed E-state index contributed by atoms with van der Waals surface area (Å²) >= 11 is 5.52. The van der Waals surface area contributed by atoms with Crippen molar-refractivity contribution < 1.29 is 4.74 Å². The van der Waals surface area contributed by atoms with Crippen LogP contribution in [0.4, 0.5) is 5.69 Å². The van der Waals surface area contributed by atoms with Crippen LogP contribution in [0, 0.1) is 0 Å². The van der Waals surface area contributed by atoms with Gasteiger partial charge in [-0.1, -0.05) is 40.2 Å². The molecule has 0 aromatic heterocycles. The number of fused-ring (bicyclic) bond motifs is 1. The van der Waals surface area contributed by atoms with Crippen molar-refractivity contribution in [3.05, 3.63) is 58.1 Å². The summed E-state index contributed by atoms with van der Waals surface area (Å²) in [7, 11) is 1.73. The summed E-state index contributed by atoms with van der Waals surface area (Å²) < 4.78 is 6.39. The number of methoxy groups -OCH3 is 1. The van der Waals surface area contributed by atoms with Crippen molar-refractivity contribution in [2.45, 2.75) is 17.5 Å². The lowest BCUT2D eigenvalue weighted by atomic mass is 10.1. The lowest BCUT2D eigenvalue weighted by Crippen LogP contribution is -2.11. The first kappa shape index (κ1) is 14.0. The molecule has 4 heteroatoms. The molecule has 2 aromatic rings. The molecule has 2 nitrogen and oxygen atoms in total. The highest BCUT2D eigenvalue weighted by atomic mass is 79.9. The van der Waals surface area contributed by atoms with Crippen LogP contribution < -0.4 is 5.32 Å². The van der Waals surface area contributed by atoms with Crippen molar-refractivity contribution in [2.75, 3.05) is 18.2 Å². The van der Waals surface area contributed by atoms with Crippen LogP contribution >= 0.6 is 27.7 Å². The third-order valence-electron chi connectivity index (χ3n) is 3.44. The third kappa shape index (κ3) is 2.73. The molecule has 3 rings (SSSR count). The van der Waals surface area contributed by atoms with Gasteiger partial charge in [-0.15, -0.1) is 11.8 Å². The maximum Gasteiger partial charge on any atom is 0.0744 e. The molecule has 0 fully saturated rings. The van der Waals surface area contributed by atoms with Gasteiger partial charge in [0.2, 0.25) is 0 Å². The fraction of sp³-hybridized carbons (Fsp3) is 0.250. The molecule has 0 aliphatic carbocycles. The molecule has 2 aromatic carbocycles. The van der Waals surface area contributed by atoms with E-state index in [0.29, 0.717) is 12.6 Å². The van der Waals surface area contributed by atoms with Gasteiger partial charge in [0.05, 0.1) is 12.6 Å². The van der Waals surface area contributed by atoms with Crippen molar-refractivity contribution in [3.63, 3.8) is 0 Å². The van der Waals surface area contributed by atoms with E-state index in [1.165, 1.54) is 16.0 Å². The van der Waals surface area contributed by atoms with Crippen LogP contribution in [0.2, 0.25) is 0 Å². The molecular weight excluding hydrogens is 334 g/mol. The summed E-state index contributed by atoms with van der Waals surface area (Å²) in [6.45, 7) is 0.602. The van der Waals surface area contributed by atoms with Gasteiger partial charge in [-0.25, -0.2) is 0 Å². The highest BCUT2D eigenvalue weighted by molar-refractivity contribution is 9.10. The normalized spacial score (nSPS) is 17.0. The SMILES string of the molecule is COCc1c(Br)cccc1NC1CSc2ccccc21. The van der Waals surface area contributed by atoms with E-state index in [4.69, 9.17) is 4.74 Å². The van der Waals surface area contributed by atoms with Gasteiger partial charge in [0.15, 0.2) is 0 Å². The van der Waals surface area contributed by atoms with Crippen LogP contribution in [0.15, 0.2) is 51.8 Å². The summed E-state index contributed by atoms with van der Waals surface area (Å²) in [6.07, 6.45) is 0. The predicted octanol–water partition coefficient (Wildman–Crippen LogP) is 4.85.